The highest BCUT2D eigenvalue weighted by Crippen LogP contribution is 2.20. The van der Waals surface area contributed by atoms with Crippen molar-refractivity contribution in [1.82, 2.24) is 9.29 Å². The van der Waals surface area contributed by atoms with Gasteiger partial charge in [-0.1, -0.05) is 13.0 Å². The maximum atomic E-state index is 13.1. The number of benzene rings is 2. The molecule has 28 heavy (non-hydrogen) atoms. The Hall–Kier alpha value is -2.55. The lowest BCUT2D eigenvalue weighted by Gasteiger charge is -2.21. The number of rotatable bonds is 7. The molecule has 2 aromatic carbocycles. The molecular formula is C20H21FN2O4S. The van der Waals surface area contributed by atoms with Crippen LogP contribution in [0, 0.1) is 5.82 Å². The molecule has 0 aliphatic rings. The molecule has 0 saturated heterocycles. The van der Waals surface area contributed by atoms with Gasteiger partial charge in [0.2, 0.25) is 10.0 Å². The number of aliphatic hydroxyl groups is 1. The summed E-state index contributed by atoms with van der Waals surface area (Å²) in [4.78, 5) is 15.1. The van der Waals surface area contributed by atoms with Crippen LogP contribution in [0.25, 0.3) is 10.9 Å². The normalized spacial score (nSPS) is 12.0. The van der Waals surface area contributed by atoms with Crippen LogP contribution in [0.1, 0.15) is 18.1 Å². The molecule has 3 rings (SSSR count). The number of nitrogens with zero attached hydrogens (tertiary/aromatic N) is 1. The SMILES string of the molecule is CCc1ccc2[nH]c(=O)c(CN(CCO)S(=O)(=O)c3ccc(F)cc3)cc2c1. The van der Waals surface area contributed by atoms with E-state index < -0.39 is 28.0 Å². The van der Waals surface area contributed by atoms with Gasteiger partial charge < -0.3 is 10.1 Å². The minimum atomic E-state index is -4.01. The first kappa shape index (κ1) is 20.2. The lowest BCUT2D eigenvalue weighted by molar-refractivity contribution is 0.251. The second kappa shape index (κ2) is 8.22. The molecule has 0 amide bonds. The maximum Gasteiger partial charge on any atom is 0.252 e. The topological polar surface area (TPSA) is 90.5 Å². The first-order chi connectivity index (χ1) is 13.3. The zero-order chi connectivity index (χ0) is 20.3. The highest BCUT2D eigenvalue weighted by Gasteiger charge is 2.25. The number of H-pyrrole nitrogens is 1. The van der Waals surface area contributed by atoms with E-state index in [9.17, 15) is 22.7 Å². The van der Waals surface area contributed by atoms with Gasteiger partial charge in [-0.3, -0.25) is 4.79 Å². The van der Waals surface area contributed by atoms with E-state index in [4.69, 9.17) is 0 Å². The smallest absolute Gasteiger partial charge is 0.252 e. The van der Waals surface area contributed by atoms with Gasteiger partial charge in [0.05, 0.1) is 11.5 Å². The number of pyridine rings is 1. The zero-order valence-electron chi connectivity index (χ0n) is 15.4. The van der Waals surface area contributed by atoms with Crippen molar-refractivity contribution in [2.45, 2.75) is 24.8 Å². The van der Waals surface area contributed by atoms with Crippen LogP contribution < -0.4 is 5.56 Å². The Labute approximate surface area is 162 Å². The standard InChI is InChI=1S/C20H21FN2O4S/c1-2-14-3-8-19-15(11-14)12-16(20(25)22-19)13-23(9-10-24)28(26,27)18-6-4-17(21)5-7-18/h3-8,11-12,24H,2,9-10,13H2,1H3,(H,22,25). The number of aliphatic hydroxyl groups excluding tert-OH is 1. The molecule has 148 valence electrons. The van der Waals surface area contributed by atoms with Crippen molar-refractivity contribution in [3.05, 3.63) is 75.8 Å². The highest BCUT2D eigenvalue weighted by atomic mass is 32.2. The van der Waals surface area contributed by atoms with Gasteiger partial charge >= 0.3 is 0 Å². The number of nitrogens with one attached hydrogen (secondary N) is 1. The Kier molecular flexibility index (Phi) is 5.93. The Morgan fingerprint density at radius 1 is 1.11 bits per heavy atom. The van der Waals surface area contributed by atoms with Crippen LogP contribution in [0.3, 0.4) is 0 Å². The van der Waals surface area contributed by atoms with Crippen LogP contribution in [-0.2, 0) is 23.0 Å². The van der Waals surface area contributed by atoms with E-state index in [-0.39, 0.29) is 23.5 Å². The average Bonchev–Trinajstić information content (AvgIpc) is 2.68. The molecule has 0 aliphatic carbocycles. The minimum absolute atomic E-state index is 0.104. The molecule has 0 unspecified atom stereocenters. The van der Waals surface area contributed by atoms with Gasteiger partial charge in [-0.2, -0.15) is 4.31 Å². The fourth-order valence-electron chi connectivity index (χ4n) is 2.98. The van der Waals surface area contributed by atoms with Crippen LogP contribution in [0.15, 0.2) is 58.2 Å². The third-order valence-electron chi connectivity index (χ3n) is 4.54. The van der Waals surface area contributed by atoms with E-state index in [1.54, 1.807) is 6.07 Å². The van der Waals surface area contributed by atoms with E-state index in [1.165, 1.54) is 0 Å². The van der Waals surface area contributed by atoms with Crippen LogP contribution in [0.5, 0.6) is 0 Å². The summed E-state index contributed by atoms with van der Waals surface area (Å²) in [7, 11) is -4.01. The number of halogens is 1. The lowest BCUT2D eigenvalue weighted by Crippen LogP contribution is -2.35. The van der Waals surface area contributed by atoms with Crippen molar-refractivity contribution in [1.29, 1.82) is 0 Å². The van der Waals surface area contributed by atoms with Crippen molar-refractivity contribution in [2.24, 2.45) is 0 Å². The predicted octanol–water partition coefficient (Wildman–Crippen LogP) is 2.41. The maximum absolute atomic E-state index is 13.1. The molecule has 1 heterocycles. The molecule has 0 fully saturated rings. The zero-order valence-corrected chi connectivity index (χ0v) is 16.2. The van der Waals surface area contributed by atoms with Gasteiger partial charge in [-0.15, -0.1) is 0 Å². The molecule has 0 atom stereocenters. The van der Waals surface area contributed by atoms with Gasteiger partial charge in [0.1, 0.15) is 5.82 Å². The molecule has 0 spiro atoms. The number of fused-ring (bicyclic) bond motifs is 1. The number of aromatic amines is 1. The quantitative estimate of drug-likeness (QED) is 0.633. The Morgan fingerprint density at radius 3 is 2.46 bits per heavy atom. The third kappa shape index (κ3) is 4.14. The van der Waals surface area contributed by atoms with E-state index in [0.717, 1.165) is 45.9 Å². The van der Waals surface area contributed by atoms with Crippen molar-refractivity contribution in [2.75, 3.05) is 13.2 Å². The summed E-state index contributed by atoms with van der Waals surface area (Å²) in [6, 6.07) is 11.8. The number of hydrogen-bond donors (Lipinski definition) is 2. The number of sulfonamides is 1. The molecule has 0 radical (unpaired) electrons. The molecular weight excluding hydrogens is 383 g/mol. The largest absolute Gasteiger partial charge is 0.395 e. The van der Waals surface area contributed by atoms with Crippen molar-refractivity contribution in [3.63, 3.8) is 0 Å². The van der Waals surface area contributed by atoms with E-state index >= 15 is 0 Å². The third-order valence-corrected chi connectivity index (χ3v) is 6.40. The molecule has 0 aliphatic heterocycles. The monoisotopic (exact) mass is 404 g/mol. The van der Waals surface area contributed by atoms with Gasteiger partial charge in [-0.25, -0.2) is 12.8 Å². The second-order valence-corrected chi connectivity index (χ2v) is 8.35. The number of hydrogen-bond acceptors (Lipinski definition) is 4. The Balaban J connectivity index is 2.01. The van der Waals surface area contributed by atoms with Crippen LogP contribution >= 0.6 is 0 Å². The fourth-order valence-corrected chi connectivity index (χ4v) is 4.39. The van der Waals surface area contributed by atoms with Crippen molar-refractivity contribution >= 4 is 20.9 Å². The molecule has 0 saturated carbocycles. The molecule has 0 bridgehead atoms. The minimum Gasteiger partial charge on any atom is -0.395 e. The number of aromatic nitrogens is 1. The van der Waals surface area contributed by atoms with E-state index in [1.807, 2.05) is 25.1 Å². The van der Waals surface area contributed by atoms with Gasteiger partial charge in [0.15, 0.2) is 0 Å². The Morgan fingerprint density at radius 2 is 1.82 bits per heavy atom. The van der Waals surface area contributed by atoms with Crippen molar-refractivity contribution in [3.8, 4) is 0 Å². The van der Waals surface area contributed by atoms with Crippen LogP contribution in [0.2, 0.25) is 0 Å². The number of aryl methyl sites for hydroxylation is 1. The summed E-state index contributed by atoms with van der Waals surface area (Å²) in [6.45, 7) is 1.21. The first-order valence-electron chi connectivity index (χ1n) is 8.86. The summed E-state index contributed by atoms with van der Waals surface area (Å²) in [5.41, 5.74) is 1.63. The summed E-state index contributed by atoms with van der Waals surface area (Å²) in [6.07, 6.45) is 0.833. The van der Waals surface area contributed by atoms with Crippen molar-refractivity contribution < 1.29 is 17.9 Å². The molecule has 6 nitrogen and oxygen atoms in total. The summed E-state index contributed by atoms with van der Waals surface area (Å²) < 4.78 is 39.9. The van der Waals surface area contributed by atoms with Gasteiger partial charge in [0.25, 0.3) is 5.56 Å². The predicted molar refractivity (Wildman–Crippen MR) is 105 cm³/mol. The van der Waals surface area contributed by atoms with E-state index in [0.29, 0.717) is 5.52 Å². The first-order valence-corrected chi connectivity index (χ1v) is 10.3. The molecule has 2 N–H and O–H groups in total. The molecule has 8 heteroatoms. The van der Waals surface area contributed by atoms with E-state index in [2.05, 4.69) is 4.98 Å². The van der Waals surface area contributed by atoms with Crippen LogP contribution in [0.4, 0.5) is 4.39 Å². The highest BCUT2D eigenvalue weighted by molar-refractivity contribution is 7.89. The fraction of sp³-hybridized carbons (Fsp3) is 0.250. The van der Waals surface area contributed by atoms with Crippen LogP contribution in [-0.4, -0.2) is 36.0 Å². The summed E-state index contributed by atoms with van der Waals surface area (Å²) in [5, 5.41) is 10.1. The summed E-state index contributed by atoms with van der Waals surface area (Å²) >= 11 is 0. The lowest BCUT2D eigenvalue weighted by atomic mass is 10.1. The molecule has 3 aromatic rings. The van der Waals surface area contributed by atoms with Gasteiger partial charge in [0, 0.05) is 24.2 Å². The second-order valence-electron chi connectivity index (χ2n) is 6.41. The average molecular weight is 404 g/mol. The molecule has 1 aromatic heterocycles. The Bertz CT molecular complexity index is 1140. The van der Waals surface area contributed by atoms with Gasteiger partial charge in [-0.05, 0) is 59.8 Å². The summed E-state index contributed by atoms with van der Waals surface area (Å²) in [5.74, 6) is -0.551.